The number of hydrogen-bond acceptors (Lipinski definition) is 5. The molecule has 1 atom stereocenters. The molecule has 0 aliphatic carbocycles. The van der Waals surface area contributed by atoms with Crippen LogP contribution in [0.15, 0.2) is 83.1 Å². The number of nitrogens with zero attached hydrogens (tertiary/aromatic N) is 3. The van der Waals surface area contributed by atoms with Crippen LogP contribution >= 0.6 is 0 Å². The lowest BCUT2D eigenvalue weighted by atomic mass is 10.1. The average Bonchev–Trinajstić information content (AvgIpc) is 2.99. The lowest BCUT2D eigenvalue weighted by molar-refractivity contribution is -0.114. The first-order valence-electron chi connectivity index (χ1n) is 12.3. The Morgan fingerprint density at radius 1 is 1.20 bits per heavy atom. The second-order valence-electron chi connectivity index (χ2n) is 8.83. The zero-order chi connectivity index (χ0) is 25.2. The summed E-state index contributed by atoms with van der Waals surface area (Å²) in [7, 11) is 3.96. The molecule has 1 heterocycles. The number of carbonyl (C=O) groups excluding carboxylic acids is 1. The quantitative estimate of drug-likeness (QED) is 0.460. The van der Waals surface area contributed by atoms with Crippen molar-refractivity contribution in [3.05, 3.63) is 89.3 Å². The van der Waals surface area contributed by atoms with Crippen LogP contribution < -0.4 is 10.2 Å². The molecular formula is C29H38N4O2. The summed E-state index contributed by atoms with van der Waals surface area (Å²) in [6.07, 6.45) is 3.29. The van der Waals surface area contributed by atoms with Crippen LogP contribution in [0.2, 0.25) is 0 Å². The molecule has 0 saturated carbocycles. The van der Waals surface area contributed by atoms with Gasteiger partial charge in [0.05, 0.1) is 18.3 Å². The van der Waals surface area contributed by atoms with Gasteiger partial charge in [-0.25, -0.2) is 0 Å². The number of benzene rings is 2. The molecule has 1 unspecified atom stereocenters. The third-order valence-electron chi connectivity index (χ3n) is 6.38. The summed E-state index contributed by atoms with van der Waals surface area (Å²) in [5.74, 6) is -0.0475. The summed E-state index contributed by atoms with van der Waals surface area (Å²) in [5, 5.41) is 3.21. The average molecular weight is 475 g/mol. The fourth-order valence-electron chi connectivity index (χ4n) is 3.97. The molecule has 6 heteroatoms. The maximum Gasteiger partial charge on any atom is 0.261 e. The van der Waals surface area contributed by atoms with E-state index in [4.69, 9.17) is 4.74 Å². The van der Waals surface area contributed by atoms with E-state index < -0.39 is 0 Å². The Labute approximate surface area is 210 Å². The summed E-state index contributed by atoms with van der Waals surface area (Å²) < 4.78 is 6.35. The van der Waals surface area contributed by atoms with Gasteiger partial charge in [0.2, 0.25) is 0 Å². The molecule has 6 nitrogen and oxygen atoms in total. The van der Waals surface area contributed by atoms with E-state index in [1.165, 1.54) is 5.56 Å². The minimum absolute atomic E-state index is 0.000774. The lowest BCUT2D eigenvalue weighted by Crippen LogP contribution is -2.34. The van der Waals surface area contributed by atoms with E-state index in [1.807, 2.05) is 69.2 Å². The van der Waals surface area contributed by atoms with E-state index in [-0.39, 0.29) is 12.0 Å². The number of hydrogen-bond donors (Lipinski definition) is 1. The molecule has 35 heavy (non-hydrogen) atoms. The SMILES string of the molecule is C=C(CC)N=CC1=C(C)N(C)CCN(c2cccc(COC(CCNC)c3ccccc3)c2)C1=O. The van der Waals surface area contributed by atoms with Crippen LogP contribution in [-0.4, -0.2) is 50.8 Å². The van der Waals surface area contributed by atoms with Gasteiger partial charge in [0.1, 0.15) is 0 Å². The van der Waals surface area contributed by atoms with Gasteiger partial charge >= 0.3 is 0 Å². The Kier molecular flexibility index (Phi) is 9.82. The molecule has 0 fully saturated rings. The maximum atomic E-state index is 13.6. The molecule has 1 N–H and O–H groups in total. The molecule has 0 bridgehead atoms. The first kappa shape index (κ1) is 26.4. The van der Waals surface area contributed by atoms with Gasteiger partial charge in [-0.05, 0) is 56.6 Å². The van der Waals surface area contributed by atoms with Crippen LogP contribution in [0.4, 0.5) is 5.69 Å². The third kappa shape index (κ3) is 7.13. The standard InChI is InChI=1S/C29H38N4O2/c1-6-22(2)31-20-27-23(3)32(5)17-18-33(29(27)34)26-14-10-11-24(19-26)21-35-28(15-16-30-4)25-12-8-7-9-13-25/h7-14,19-20,28,30H,2,6,15-18,21H2,1,3-5H3. The number of amides is 1. The first-order chi connectivity index (χ1) is 16.9. The Balaban J connectivity index is 1.79. The predicted octanol–water partition coefficient (Wildman–Crippen LogP) is 5.10. The van der Waals surface area contributed by atoms with E-state index in [1.54, 1.807) is 6.21 Å². The highest BCUT2D eigenvalue weighted by Crippen LogP contribution is 2.26. The number of allylic oxidation sites excluding steroid dienone is 2. The zero-order valence-electron chi connectivity index (χ0n) is 21.5. The lowest BCUT2D eigenvalue weighted by Gasteiger charge is -2.23. The minimum atomic E-state index is -0.0475. The summed E-state index contributed by atoms with van der Waals surface area (Å²) in [5.41, 5.74) is 5.33. The van der Waals surface area contributed by atoms with Crippen molar-refractivity contribution in [2.45, 2.75) is 39.4 Å². The maximum absolute atomic E-state index is 13.6. The molecule has 2 aromatic rings. The molecule has 0 aromatic heterocycles. The van der Waals surface area contributed by atoms with Crippen LogP contribution in [0.1, 0.15) is 43.9 Å². The van der Waals surface area contributed by atoms with Gasteiger partial charge in [0.15, 0.2) is 0 Å². The molecule has 1 aliphatic heterocycles. The van der Waals surface area contributed by atoms with E-state index in [2.05, 4.69) is 40.0 Å². The predicted molar refractivity (Wildman–Crippen MR) is 145 cm³/mol. The number of rotatable bonds is 11. The van der Waals surface area contributed by atoms with Gasteiger partial charge in [-0.3, -0.25) is 9.79 Å². The molecule has 2 aromatic carbocycles. The van der Waals surface area contributed by atoms with Gasteiger partial charge in [-0.2, -0.15) is 0 Å². The Bertz CT molecular complexity index is 1060. The van der Waals surface area contributed by atoms with Crippen LogP contribution in [-0.2, 0) is 16.1 Å². The van der Waals surface area contributed by atoms with Crippen LogP contribution in [0.25, 0.3) is 0 Å². The largest absolute Gasteiger partial charge is 0.376 e. The summed E-state index contributed by atoms with van der Waals surface area (Å²) in [6.45, 7) is 10.6. The number of anilines is 1. The molecule has 0 radical (unpaired) electrons. The first-order valence-corrected chi connectivity index (χ1v) is 12.3. The molecule has 3 rings (SSSR count). The van der Waals surface area contributed by atoms with Gasteiger partial charge < -0.3 is 19.9 Å². The Morgan fingerprint density at radius 2 is 1.97 bits per heavy atom. The number of ether oxygens (including phenoxy) is 1. The highest BCUT2D eigenvalue weighted by Gasteiger charge is 2.26. The van der Waals surface area contributed by atoms with Crippen molar-refractivity contribution in [2.75, 3.05) is 38.6 Å². The molecule has 186 valence electrons. The number of aliphatic imine (C=N–C) groups is 1. The number of carbonyl (C=O) groups is 1. The van der Waals surface area contributed by atoms with E-state index >= 15 is 0 Å². The third-order valence-corrected chi connectivity index (χ3v) is 6.38. The molecule has 1 amide bonds. The number of nitrogens with one attached hydrogen (secondary N) is 1. The van der Waals surface area contributed by atoms with Crippen LogP contribution in [0, 0.1) is 0 Å². The van der Waals surface area contributed by atoms with Crippen LogP contribution in [0.3, 0.4) is 0 Å². The highest BCUT2D eigenvalue weighted by molar-refractivity contribution is 6.19. The van der Waals surface area contributed by atoms with E-state index in [9.17, 15) is 4.79 Å². The van der Waals surface area contributed by atoms with Crippen molar-refractivity contribution in [3.8, 4) is 0 Å². The second kappa shape index (κ2) is 13.0. The van der Waals surface area contributed by atoms with Crippen LogP contribution in [0.5, 0.6) is 0 Å². The normalized spacial score (nSPS) is 15.6. The van der Waals surface area contributed by atoms with Crippen molar-refractivity contribution in [1.29, 1.82) is 0 Å². The topological polar surface area (TPSA) is 57.2 Å². The van der Waals surface area contributed by atoms with Gasteiger partial charge in [-0.15, -0.1) is 0 Å². The molecule has 1 aliphatic rings. The van der Waals surface area contributed by atoms with Crippen molar-refractivity contribution in [3.63, 3.8) is 0 Å². The monoisotopic (exact) mass is 474 g/mol. The van der Waals surface area contributed by atoms with Gasteiger partial charge in [0, 0.05) is 43.4 Å². The van der Waals surface area contributed by atoms with Crippen molar-refractivity contribution >= 4 is 17.8 Å². The molecular weight excluding hydrogens is 436 g/mol. The molecule has 0 spiro atoms. The van der Waals surface area contributed by atoms with E-state index in [0.29, 0.717) is 18.7 Å². The second-order valence-corrected chi connectivity index (χ2v) is 8.83. The van der Waals surface area contributed by atoms with Crippen molar-refractivity contribution in [1.82, 2.24) is 10.2 Å². The summed E-state index contributed by atoms with van der Waals surface area (Å²) >= 11 is 0. The fraction of sp³-hybridized carbons (Fsp3) is 0.379. The fourth-order valence-corrected chi connectivity index (χ4v) is 3.97. The van der Waals surface area contributed by atoms with Gasteiger partial charge in [0.25, 0.3) is 5.91 Å². The van der Waals surface area contributed by atoms with Crippen molar-refractivity contribution in [2.24, 2.45) is 4.99 Å². The molecule has 0 saturated heterocycles. The van der Waals surface area contributed by atoms with Gasteiger partial charge in [-0.1, -0.05) is 56.0 Å². The minimum Gasteiger partial charge on any atom is -0.376 e. The van der Waals surface area contributed by atoms with Crippen molar-refractivity contribution < 1.29 is 9.53 Å². The van der Waals surface area contributed by atoms with E-state index in [0.717, 1.165) is 48.6 Å². The Morgan fingerprint density at radius 3 is 2.69 bits per heavy atom. The summed E-state index contributed by atoms with van der Waals surface area (Å²) in [6, 6.07) is 18.4. The zero-order valence-corrected chi connectivity index (χ0v) is 21.5. The Hall–Kier alpha value is -3.22. The summed E-state index contributed by atoms with van der Waals surface area (Å²) in [4.78, 5) is 21.9. The number of likely N-dealkylation sites (N-methyl/N-ethyl adjacent to an activating group) is 1. The smallest absolute Gasteiger partial charge is 0.261 e. The highest BCUT2D eigenvalue weighted by atomic mass is 16.5.